The van der Waals surface area contributed by atoms with Gasteiger partial charge in [0.05, 0.1) is 6.54 Å². The Kier molecular flexibility index (Phi) is 5.41. The maximum absolute atomic E-state index is 13.2. The fourth-order valence-corrected chi connectivity index (χ4v) is 2.92. The molecule has 0 aliphatic carbocycles. The van der Waals surface area contributed by atoms with Crippen LogP contribution in [-0.4, -0.2) is 53.3 Å². The van der Waals surface area contributed by atoms with Gasteiger partial charge < -0.3 is 18.8 Å². The molecule has 1 aromatic heterocycles. The SMILES string of the molecule is CCc1nnc(CN(CC)C(=O)[C@@H](c2ccc3c(c2)OCO3)N(C)C)o1. The second-order valence-electron chi connectivity index (χ2n) is 6.27. The van der Waals surface area contributed by atoms with Crippen LogP contribution in [0.4, 0.5) is 0 Å². The lowest BCUT2D eigenvalue weighted by Gasteiger charge is -2.29. The van der Waals surface area contributed by atoms with Crippen molar-refractivity contribution < 1.29 is 18.7 Å². The van der Waals surface area contributed by atoms with Gasteiger partial charge in [0.1, 0.15) is 6.04 Å². The molecule has 8 nitrogen and oxygen atoms in total. The predicted octanol–water partition coefficient (Wildman–Crippen LogP) is 2.01. The highest BCUT2D eigenvalue weighted by Crippen LogP contribution is 2.35. The molecule has 1 atom stereocenters. The molecular formula is C18H24N4O4. The van der Waals surface area contributed by atoms with Gasteiger partial charge >= 0.3 is 0 Å². The highest BCUT2D eigenvalue weighted by Gasteiger charge is 2.29. The van der Waals surface area contributed by atoms with Crippen LogP contribution in [0.3, 0.4) is 0 Å². The Morgan fingerprint density at radius 1 is 1.15 bits per heavy atom. The lowest BCUT2D eigenvalue weighted by molar-refractivity contribution is -0.137. The van der Waals surface area contributed by atoms with Crippen LogP contribution in [0, 0.1) is 0 Å². The number of likely N-dealkylation sites (N-methyl/N-ethyl adjacent to an activating group) is 2. The molecule has 0 saturated heterocycles. The van der Waals surface area contributed by atoms with Crippen LogP contribution in [0.5, 0.6) is 11.5 Å². The molecule has 3 rings (SSSR count). The Morgan fingerprint density at radius 2 is 1.88 bits per heavy atom. The first-order chi connectivity index (χ1) is 12.5. The van der Waals surface area contributed by atoms with Crippen LogP contribution >= 0.6 is 0 Å². The summed E-state index contributed by atoms with van der Waals surface area (Å²) in [6.45, 7) is 4.91. The quantitative estimate of drug-likeness (QED) is 0.747. The Morgan fingerprint density at radius 3 is 2.54 bits per heavy atom. The number of amides is 1. The number of rotatable bonds is 7. The van der Waals surface area contributed by atoms with Crippen molar-refractivity contribution in [1.82, 2.24) is 20.0 Å². The molecule has 1 amide bonds. The standard InChI is InChI=1S/C18H24N4O4/c1-5-15-19-20-16(26-15)10-22(6-2)18(23)17(21(3)4)12-7-8-13-14(9-12)25-11-24-13/h7-9,17H,5-6,10-11H2,1-4H3/t17-/m1/s1. The number of fused-ring (bicyclic) bond motifs is 1. The number of aryl methyl sites for hydroxylation is 1. The number of carbonyl (C=O) groups is 1. The minimum atomic E-state index is -0.446. The second kappa shape index (κ2) is 7.74. The van der Waals surface area contributed by atoms with Crippen molar-refractivity contribution in [3.05, 3.63) is 35.5 Å². The van der Waals surface area contributed by atoms with E-state index >= 15 is 0 Å². The smallest absolute Gasteiger partial charge is 0.244 e. The van der Waals surface area contributed by atoms with Gasteiger partial charge in [0, 0.05) is 13.0 Å². The number of carbonyl (C=O) groups excluding carboxylic acids is 1. The summed E-state index contributed by atoms with van der Waals surface area (Å²) in [5.74, 6) is 2.34. The molecule has 0 radical (unpaired) electrons. The van der Waals surface area contributed by atoms with E-state index in [0.717, 1.165) is 5.56 Å². The average Bonchev–Trinajstić information content (AvgIpc) is 3.27. The summed E-state index contributed by atoms with van der Waals surface area (Å²) < 4.78 is 16.4. The predicted molar refractivity (Wildman–Crippen MR) is 93.8 cm³/mol. The normalized spacial score (nSPS) is 13.9. The first-order valence-corrected chi connectivity index (χ1v) is 8.69. The van der Waals surface area contributed by atoms with Crippen molar-refractivity contribution in [1.29, 1.82) is 0 Å². The molecule has 1 aliphatic rings. The summed E-state index contributed by atoms with van der Waals surface area (Å²) >= 11 is 0. The lowest BCUT2D eigenvalue weighted by Crippen LogP contribution is -2.40. The van der Waals surface area contributed by atoms with E-state index in [2.05, 4.69) is 10.2 Å². The second-order valence-corrected chi connectivity index (χ2v) is 6.27. The number of benzene rings is 1. The minimum absolute atomic E-state index is 0.0346. The third kappa shape index (κ3) is 3.65. The molecule has 8 heteroatoms. The van der Waals surface area contributed by atoms with Gasteiger partial charge in [0.25, 0.3) is 0 Å². The van der Waals surface area contributed by atoms with E-state index in [4.69, 9.17) is 13.9 Å². The topological polar surface area (TPSA) is 80.9 Å². The molecule has 140 valence electrons. The van der Waals surface area contributed by atoms with E-state index in [9.17, 15) is 4.79 Å². The van der Waals surface area contributed by atoms with Crippen molar-refractivity contribution in [3.63, 3.8) is 0 Å². The van der Waals surface area contributed by atoms with Gasteiger partial charge in [-0.1, -0.05) is 13.0 Å². The van der Waals surface area contributed by atoms with Gasteiger partial charge in [-0.15, -0.1) is 10.2 Å². The molecule has 1 aromatic carbocycles. The zero-order valence-corrected chi connectivity index (χ0v) is 15.6. The minimum Gasteiger partial charge on any atom is -0.454 e. The van der Waals surface area contributed by atoms with Gasteiger partial charge in [0.15, 0.2) is 11.5 Å². The van der Waals surface area contributed by atoms with Crippen LogP contribution in [0.25, 0.3) is 0 Å². The zero-order chi connectivity index (χ0) is 18.7. The van der Waals surface area contributed by atoms with E-state index in [0.29, 0.717) is 36.2 Å². The van der Waals surface area contributed by atoms with Crippen molar-refractivity contribution >= 4 is 5.91 Å². The summed E-state index contributed by atoms with van der Waals surface area (Å²) in [5, 5.41) is 7.98. The molecule has 0 unspecified atom stereocenters. The Hall–Kier alpha value is -2.61. The van der Waals surface area contributed by atoms with Crippen molar-refractivity contribution in [2.75, 3.05) is 27.4 Å². The molecule has 0 N–H and O–H groups in total. The van der Waals surface area contributed by atoms with Crippen LogP contribution in [0.15, 0.2) is 22.6 Å². The van der Waals surface area contributed by atoms with Gasteiger partial charge in [0.2, 0.25) is 24.5 Å². The van der Waals surface area contributed by atoms with Crippen molar-refractivity contribution in [2.45, 2.75) is 32.9 Å². The van der Waals surface area contributed by atoms with Gasteiger partial charge in [-0.05, 0) is 38.7 Å². The lowest BCUT2D eigenvalue weighted by atomic mass is 10.0. The molecular weight excluding hydrogens is 336 g/mol. The maximum Gasteiger partial charge on any atom is 0.244 e. The maximum atomic E-state index is 13.2. The third-order valence-corrected chi connectivity index (χ3v) is 4.29. The largest absolute Gasteiger partial charge is 0.454 e. The molecule has 0 fully saturated rings. The first kappa shape index (κ1) is 18.2. The van der Waals surface area contributed by atoms with Crippen molar-refractivity contribution in [2.24, 2.45) is 0 Å². The molecule has 0 saturated carbocycles. The molecule has 26 heavy (non-hydrogen) atoms. The number of hydrogen-bond acceptors (Lipinski definition) is 7. The van der Waals surface area contributed by atoms with Crippen LogP contribution in [0.1, 0.15) is 37.2 Å². The Balaban J connectivity index is 1.82. The van der Waals surface area contributed by atoms with Crippen LogP contribution in [0.2, 0.25) is 0 Å². The summed E-state index contributed by atoms with van der Waals surface area (Å²) in [5.41, 5.74) is 0.850. The van der Waals surface area contributed by atoms with E-state index in [1.165, 1.54) is 0 Å². The highest BCUT2D eigenvalue weighted by atomic mass is 16.7. The molecule has 2 heterocycles. The highest BCUT2D eigenvalue weighted by molar-refractivity contribution is 5.83. The fourth-order valence-electron chi connectivity index (χ4n) is 2.92. The number of ether oxygens (including phenoxy) is 2. The van der Waals surface area contributed by atoms with Gasteiger partial charge in [-0.25, -0.2) is 0 Å². The third-order valence-electron chi connectivity index (χ3n) is 4.29. The number of aromatic nitrogens is 2. The summed E-state index contributed by atoms with van der Waals surface area (Å²) in [6.07, 6.45) is 0.671. The number of hydrogen-bond donors (Lipinski definition) is 0. The van der Waals surface area contributed by atoms with Crippen molar-refractivity contribution in [3.8, 4) is 11.5 Å². The molecule has 0 bridgehead atoms. The van der Waals surface area contributed by atoms with E-state index in [1.54, 1.807) is 4.90 Å². The first-order valence-electron chi connectivity index (χ1n) is 8.69. The van der Waals surface area contributed by atoms with E-state index < -0.39 is 6.04 Å². The molecule has 0 spiro atoms. The average molecular weight is 360 g/mol. The Labute approximate surface area is 152 Å². The van der Waals surface area contributed by atoms with Gasteiger partial charge in [-0.2, -0.15) is 0 Å². The Bertz CT molecular complexity index is 774. The van der Waals surface area contributed by atoms with Crippen LogP contribution in [-0.2, 0) is 17.8 Å². The van der Waals surface area contributed by atoms with E-state index in [-0.39, 0.29) is 19.2 Å². The zero-order valence-electron chi connectivity index (χ0n) is 15.6. The summed E-state index contributed by atoms with van der Waals surface area (Å²) in [7, 11) is 3.76. The summed E-state index contributed by atoms with van der Waals surface area (Å²) in [6, 6.07) is 5.15. The monoisotopic (exact) mass is 360 g/mol. The summed E-state index contributed by atoms with van der Waals surface area (Å²) in [4.78, 5) is 16.8. The fraction of sp³-hybridized carbons (Fsp3) is 0.500. The molecule has 1 aliphatic heterocycles. The molecule has 2 aromatic rings. The number of nitrogens with zero attached hydrogens (tertiary/aromatic N) is 4. The van der Waals surface area contributed by atoms with Crippen LogP contribution < -0.4 is 9.47 Å². The van der Waals surface area contributed by atoms with E-state index in [1.807, 2.05) is 51.0 Å². The van der Waals surface area contributed by atoms with Gasteiger partial charge in [-0.3, -0.25) is 9.69 Å².